The van der Waals surface area contributed by atoms with E-state index in [4.69, 9.17) is 0 Å². The minimum atomic E-state index is 0.162. The Balaban J connectivity index is 2.40. The molecule has 0 aromatic heterocycles. The molecule has 160 valence electrons. The van der Waals surface area contributed by atoms with Crippen molar-refractivity contribution in [3.63, 3.8) is 0 Å². The summed E-state index contributed by atoms with van der Waals surface area (Å²) in [6.07, 6.45) is 4.09. The quantitative estimate of drug-likeness (QED) is 0.626. The summed E-state index contributed by atoms with van der Waals surface area (Å²) in [6, 6.07) is 7.77. The Kier molecular flexibility index (Phi) is 7.42. The minimum Gasteiger partial charge on any atom is -0.308 e. The molecule has 1 aromatic carbocycles. The number of rotatable bonds is 5. The maximum Gasteiger partial charge on any atom is 0.0449 e. The molecule has 1 saturated heterocycles. The number of benzene rings is 1. The van der Waals surface area contributed by atoms with Crippen LogP contribution in [0.15, 0.2) is 18.2 Å². The average Bonchev–Trinajstić information content (AvgIpc) is 2.56. The van der Waals surface area contributed by atoms with E-state index in [9.17, 15) is 0 Å². The Bertz CT molecular complexity index is 587. The summed E-state index contributed by atoms with van der Waals surface area (Å²) in [7, 11) is 0. The first kappa shape index (κ1) is 23.4. The molecule has 1 N–H and O–H groups in total. The first-order valence-corrected chi connectivity index (χ1v) is 11.4. The molecule has 2 nitrogen and oxygen atoms in total. The van der Waals surface area contributed by atoms with Gasteiger partial charge in [-0.25, -0.2) is 0 Å². The van der Waals surface area contributed by atoms with Gasteiger partial charge in [-0.05, 0) is 58.9 Å². The number of hydrogen-bond donors (Lipinski definition) is 1. The summed E-state index contributed by atoms with van der Waals surface area (Å²) >= 11 is 0. The third-order valence-electron chi connectivity index (χ3n) is 5.86. The van der Waals surface area contributed by atoms with E-state index < -0.39 is 0 Å². The molecule has 0 aliphatic carbocycles. The van der Waals surface area contributed by atoms with Gasteiger partial charge in [0.15, 0.2) is 0 Å². The summed E-state index contributed by atoms with van der Waals surface area (Å²) in [6.45, 7) is 25.6. The molecule has 1 heterocycles. The maximum atomic E-state index is 3.94. The highest BCUT2D eigenvalue weighted by Crippen LogP contribution is 2.33. The second-order valence-corrected chi connectivity index (χ2v) is 12.2. The van der Waals surface area contributed by atoms with Crippen LogP contribution in [0.3, 0.4) is 0 Å². The van der Waals surface area contributed by atoms with Crippen LogP contribution in [-0.4, -0.2) is 31.1 Å². The molecule has 1 fully saturated rings. The molecule has 0 unspecified atom stereocenters. The van der Waals surface area contributed by atoms with Crippen LogP contribution in [0.5, 0.6) is 0 Å². The highest BCUT2D eigenvalue weighted by molar-refractivity contribution is 5.39. The van der Waals surface area contributed by atoms with Gasteiger partial charge in [0.2, 0.25) is 0 Å². The molecular formula is C26H46N2. The fourth-order valence-electron chi connectivity index (χ4n) is 3.84. The van der Waals surface area contributed by atoms with Crippen molar-refractivity contribution in [2.45, 2.75) is 98.4 Å². The molecule has 0 saturated carbocycles. The summed E-state index contributed by atoms with van der Waals surface area (Å²) in [5, 5.41) is 3.94. The van der Waals surface area contributed by atoms with Crippen LogP contribution in [-0.2, 0) is 10.8 Å². The van der Waals surface area contributed by atoms with Gasteiger partial charge in [-0.2, -0.15) is 0 Å². The van der Waals surface area contributed by atoms with E-state index in [0.717, 1.165) is 13.1 Å². The van der Waals surface area contributed by atoms with Crippen LogP contribution in [0, 0.1) is 5.41 Å². The van der Waals surface area contributed by atoms with Gasteiger partial charge in [0.1, 0.15) is 0 Å². The zero-order chi connectivity index (χ0) is 21.2. The van der Waals surface area contributed by atoms with E-state index in [1.54, 1.807) is 0 Å². The third kappa shape index (κ3) is 7.19. The van der Waals surface area contributed by atoms with Crippen LogP contribution < -0.4 is 5.32 Å². The standard InChI is InChI=1S/C26H46N2/c1-24(2,3)19-27-23(18-28-13-11-10-12-14-28)20-15-21(25(4,5)6)17-22(16-20)26(7,8)9/h15-17,23,27H,10-14,18-19H2,1-9H3/t23-/m0/s1. The van der Waals surface area contributed by atoms with E-state index in [1.165, 1.54) is 49.0 Å². The van der Waals surface area contributed by atoms with Gasteiger partial charge in [0, 0.05) is 19.1 Å². The summed E-state index contributed by atoms with van der Waals surface area (Å²) in [5.41, 5.74) is 4.99. The highest BCUT2D eigenvalue weighted by Gasteiger charge is 2.25. The molecule has 2 heteroatoms. The third-order valence-corrected chi connectivity index (χ3v) is 5.86. The lowest BCUT2D eigenvalue weighted by molar-refractivity contribution is 0.198. The summed E-state index contributed by atoms with van der Waals surface area (Å²) in [5.74, 6) is 0. The van der Waals surface area contributed by atoms with E-state index in [2.05, 4.69) is 90.7 Å². The van der Waals surface area contributed by atoms with Crippen molar-refractivity contribution >= 4 is 0 Å². The Labute approximate surface area is 175 Å². The number of likely N-dealkylation sites (tertiary alicyclic amines) is 1. The zero-order valence-corrected chi connectivity index (χ0v) is 20.2. The maximum absolute atomic E-state index is 3.94. The van der Waals surface area contributed by atoms with Gasteiger partial charge in [-0.1, -0.05) is 86.9 Å². The Morgan fingerprint density at radius 3 is 1.71 bits per heavy atom. The van der Waals surface area contributed by atoms with E-state index in [0.29, 0.717) is 6.04 Å². The van der Waals surface area contributed by atoms with Gasteiger partial charge < -0.3 is 10.2 Å². The van der Waals surface area contributed by atoms with Crippen LogP contribution in [0.25, 0.3) is 0 Å². The van der Waals surface area contributed by atoms with Crippen molar-refractivity contribution in [1.82, 2.24) is 10.2 Å². The van der Waals surface area contributed by atoms with Gasteiger partial charge in [-0.3, -0.25) is 0 Å². The van der Waals surface area contributed by atoms with E-state index >= 15 is 0 Å². The van der Waals surface area contributed by atoms with Crippen molar-refractivity contribution in [3.8, 4) is 0 Å². The minimum absolute atomic E-state index is 0.162. The number of nitrogens with zero attached hydrogens (tertiary/aromatic N) is 1. The topological polar surface area (TPSA) is 15.3 Å². The fraction of sp³-hybridized carbons (Fsp3) is 0.769. The lowest BCUT2D eigenvalue weighted by atomic mass is 9.78. The van der Waals surface area contributed by atoms with Crippen LogP contribution in [0.1, 0.15) is 104 Å². The molecule has 0 amide bonds. The fourth-order valence-corrected chi connectivity index (χ4v) is 3.84. The highest BCUT2D eigenvalue weighted by atomic mass is 15.2. The van der Waals surface area contributed by atoms with Gasteiger partial charge >= 0.3 is 0 Å². The number of hydrogen-bond acceptors (Lipinski definition) is 2. The normalized spacial score (nSPS) is 18.3. The van der Waals surface area contributed by atoms with Crippen molar-refractivity contribution in [2.24, 2.45) is 5.41 Å². The first-order valence-electron chi connectivity index (χ1n) is 11.4. The summed E-state index contributed by atoms with van der Waals surface area (Å²) < 4.78 is 0. The molecular weight excluding hydrogens is 340 g/mol. The smallest absolute Gasteiger partial charge is 0.0449 e. The van der Waals surface area contributed by atoms with Gasteiger partial charge in [-0.15, -0.1) is 0 Å². The molecule has 2 rings (SSSR count). The lowest BCUT2D eigenvalue weighted by Crippen LogP contribution is -2.40. The zero-order valence-electron chi connectivity index (χ0n) is 20.2. The lowest BCUT2D eigenvalue weighted by Gasteiger charge is -2.34. The SMILES string of the molecule is CC(C)(C)CN[C@@H](CN1CCCCC1)c1cc(C(C)(C)C)cc(C(C)(C)C)c1. The van der Waals surface area contributed by atoms with Crippen LogP contribution in [0.4, 0.5) is 0 Å². The predicted molar refractivity (Wildman–Crippen MR) is 124 cm³/mol. The van der Waals surface area contributed by atoms with Gasteiger partial charge in [0.05, 0.1) is 0 Å². The molecule has 0 radical (unpaired) electrons. The predicted octanol–water partition coefficient (Wildman–Crippen LogP) is 6.44. The molecule has 1 aliphatic heterocycles. The van der Waals surface area contributed by atoms with Crippen molar-refractivity contribution < 1.29 is 0 Å². The molecule has 0 spiro atoms. The Morgan fingerprint density at radius 1 is 0.786 bits per heavy atom. The largest absolute Gasteiger partial charge is 0.308 e. The van der Waals surface area contributed by atoms with Crippen LogP contribution >= 0.6 is 0 Å². The monoisotopic (exact) mass is 386 g/mol. The van der Waals surface area contributed by atoms with E-state index in [-0.39, 0.29) is 16.2 Å². The molecule has 1 atom stereocenters. The molecule has 1 aliphatic rings. The van der Waals surface area contributed by atoms with Crippen molar-refractivity contribution in [1.29, 1.82) is 0 Å². The molecule has 0 bridgehead atoms. The van der Waals surface area contributed by atoms with Gasteiger partial charge in [0.25, 0.3) is 0 Å². The van der Waals surface area contributed by atoms with E-state index in [1.807, 2.05) is 0 Å². The first-order chi connectivity index (χ1) is 12.8. The molecule has 1 aromatic rings. The Hall–Kier alpha value is -0.860. The number of nitrogens with one attached hydrogen (secondary N) is 1. The van der Waals surface area contributed by atoms with Crippen molar-refractivity contribution in [3.05, 3.63) is 34.9 Å². The number of piperidine rings is 1. The second-order valence-electron chi connectivity index (χ2n) is 12.2. The average molecular weight is 387 g/mol. The van der Waals surface area contributed by atoms with Crippen molar-refractivity contribution in [2.75, 3.05) is 26.2 Å². The van der Waals surface area contributed by atoms with Crippen LogP contribution in [0.2, 0.25) is 0 Å². The second kappa shape index (κ2) is 8.88. The molecule has 28 heavy (non-hydrogen) atoms. The Morgan fingerprint density at radius 2 is 1.29 bits per heavy atom. The summed E-state index contributed by atoms with van der Waals surface area (Å²) in [4.78, 5) is 2.67.